The van der Waals surface area contributed by atoms with Gasteiger partial charge >= 0.3 is 0 Å². The van der Waals surface area contributed by atoms with Crippen molar-refractivity contribution in [1.82, 2.24) is 35.1 Å². The van der Waals surface area contributed by atoms with Gasteiger partial charge in [-0.15, -0.1) is 0 Å². The molecule has 8 rings (SSSR count). The summed E-state index contributed by atoms with van der Waals surface area (Å²) in [5, 5.41) is 3.87. The molecule has 2 fully saturated rings. The molecule has 0 radical (unpaired) electrons. The number of H-pyrrole nitrogens is 2. The first kappa shape index (κ1) is 32.2. The van der Waals surface area contributed by atoms with E-state index in [1.807, 2.05) is 30.3 Å². The Morgan fingerprint density at radius 2 is 1.25 bits per heavy atom. The topological polar surface area (TPSA) is 85.1 Å². The van der Waals surface area contributed by atoms with Crippen molar-refractivity contribution in [1.29, 1.82) is 0 Å². The van der Waals surface area contributed by atoms with Crippen molar-refractivity contribution in [2.75, 3.05) is 40.3 Å². The molecule has 6 aromatic rings. The Morgan fingerprint density at radius 1 is 0.667 bits per heavy atom. The number of aryl methyl sites for hydroxylation is 1. The predicted octanol–water partition coefficient (Wildman–Crippen LogP) is 7.02. The molecule has 3 N–H and O–H groups in total. The Hall–Kier alpha value is -4.34. The van der Waals surface area contributed by atoms with Crippen LogP contribution in [-0.2, 0) is 4.74 Å². The molecule has 0 bridgehead atoms. The van der Waals surface area contributed by atoms with E-state index < -0.39 is 0 Å². The number of para-hydroxylation sites is 4. The van der Waals surface area contributed by atoms with Crippen molar-refractivity contribution in [3.8, 4) is 0 Å². The molecular weight excluding hydrogens is 594 g/mol. The second kappa shape index (κ2) is 14.8. The van der Waals surface area contributed by atoms with Gasteiger partial charge in [0.2, 0.25) is 0 Å². The Balaban J connectivity index is 0.000000152. The Labute approximate surface area is 283 Å². The van der Waals surface area contributed by atoms with Gasteiger partial charge in [-0.25, -0.2) is 9.97 Å². The van der Waals surface area contributed by atoms with Crippen LogP contribution in [0.2, 0.25) is 0 Å². The maximum atomic E-state index is 6.45. The number of nitrogens with zero attached hydrogens (tertiary/aromatic N) is 4. The summed E-state index contributed by atoms with van der Waals surface area (Å²) in [7, 11) is 4.34. The Morgan fingerprint density at radius 3 is 1.88 bits per heavy atom. The van der Waals surface area contributed by atoms with Crippen molar-refractivity contribution >= 4 is 22.1 Å². The minimum atomic E-state index is -0.153. The summed E-state index contributed by atoms with van der Waals surface area (Å²) in [5.74, 6) is 1.89. The molecule has 2 aliphatic rings. The highest BCUT2D eigenvalue weighted by molar-refractivity contribution is 5.75. The van der Waals surface area contributed by atoms with E-state index in [9.17, 15) is 0 Å². The summed E-state index contributed by atoms with van der Waals surface area (Å²) < 4.78 is 6.45. The molecule has 8 nitrogen and oxygen atoms in total. The van der Waals surface area contributed by atoms with Crippen LogP contribution in [0.25, 0.3) is 22.1 Å². The fourth-order valence-electron chi connectivity index (χ4n) is 6.84. The maximum Gasteiger partial charge on any atom is 0.141 e. The van der Waals surface area contributed by atoms with Gasteiger partial charge in [-0.05, 0) is 88.8 Å². The predicted molar refractivity (Wildman–Crippen MR) is 194 cm³/mol. The van der Waals surface area contributed by atoms with E-state index in [0.717, 1.165) is 71.9 Å². The van der Waals surface area contributed by atoms with E-state index in [1.165, 1.54) is 24.0 Å². The third-order valence-corrected chi connectivity index (χ3v) is 9.65. The van der Waals surface area contributed by atoms with Gasteiger partial charge in [0.05, 0.1) is 34.2 Å². The summed E-state index contributed by atoms with van der Waals surface area (Å²) in [4.78, 5) is 21.3. The molecule has 8 heteroatoms. The molecule has 2 aromatic heterocycles. The number of nitrogens with one attached hydrogen (secondary N) is 3. The third kappa shape index (κ3) is 7.69. The number of aromatic amines is 2. The number of likely N-dealkylation sites (N-methyl/N-ethyl adjacent to an activating group) is 1. The largest absolute Gasteiger partial charge is 0.361 e. The summed E-state index contributed by atoms with van der Waals surface area (Å²) in [6.07, 6.45) is 3.52. The summed E-state index contributed by atoms with van der Waals surface area (Å²) in [6, 6.07) is 36.1. The lowest BCUT2D eigenvalue weighted by Gasteiger charge is -2.32. The van der Waals surface area contributed by atoms with E-state index in [4.69, 9.17) is 14.7 Å². The smallest absolute Gasteiger partial charge is 0.141 e. The number of piperidine rings is 1. The van der Waals surface area contributed by atoms with Crippen molar-refractivity contribution in [2.45, 2.75) is 50.5 Å². The zero-order chi connectivity index (χ0) is 32.9. The lowest BCUT2D eigenvalue weighted by molar-refractivity contribution is 0.0116. The minimum Gasteiger partial charge on any atom is -0.361 e. The monoisotopic (exact) mass is 641 g/mol. The van der Waals surface area contributed by atoms with E-state index >= 15 is 0 Å². The van der Waals surface area contributed by atoms with Gasteiger partial charge in [0, 0.05) is 19.1 Å². The first-order valence-corrected chi connectivity index (χ1v) is 17.3. The fourth-order valence-corrected chi connectivity index (χ4v) is 6.84. The van der Waals surface area contributed by atoms with Crippen molar-refractivity contribution in [3.63, 3.8) is 0 Å². The number of benzene rings is 4. The highest BCUT2D eigenvalue weighted by Crippen LogP contribution is 2.29. The number of ether oxygens (including phenoxy) is 1. The SMILES string of the molecule is CN1CCC(OC(c2ccccc2)c2nc3ccccc3[nH]2)C1.Cc1ccc(C(NC2CCN(C)CC2)c2nc3ccccc3[nH]2)cc1. The lowest BCUT2D eigenvalue weighted by Crippen LogP contribution is -2.42. The zero-order valence-corrected chi connectivity index (χ0v) is 28.3. The zero-order valence-electron chi connectivity index (χ0n) is 28.3. The molecule has 0 spiro atoms. The summed E-state index contributed by atoms with van der Waals surface area (Å²) >= 11 is 0. The first-order chi connectivity index (χ1) is 23.5. The number of hydrogen-bond acceptors (Lipinski definition) is 6. The standard InChI is InChI=1S/C21H26N4.C19H21N3O/c1-15-7-9-16(10-8-15)20(22-17-11-13-25(2)14-12-17)21-23-18-5-3-4-6-19(18)24-21;1-22-12-11-15(13-22)23-18(14-7-3-2-4-8-14)19-20-16-9-5-6-10-17(16)21-19/h3-10,17,20,22H,11-14H2,1-2H3,(H,23,24);2-10,15,18H,11-13H2,1H3,(H,20,21). The van der Waals surface area contributed by atoms with Crippen molar-refractivity contribution in [3.05, 3.63) is 131 Å². The molecular formula is C40H47N7O. The molecule has 2 aliphatic heterocycles. The summed E-state index contributed by atoms with van der Waals surface area (Å²) in [6.45, 7) is 6.50. The number of likely N-dealkylation sites (tertiary alicyclic amines) is 2. The Bertz CT molecular complexity index is 1830. The second-order valence-corrected chi connectivity index (χ2v) is 13.5. The molecule has 3 atom stereocenters. The number of fused-ring (bicyclic) bond motifs is 2. The Kier molecular flexibility index (Phi) is 9.95. The van der Waals surface area contributed by atoms with Gasteiger partial charge in [-0.3, -0.25) is 0 Å². The van der Waals surface area contributed by atoms with E-state index in [1.54, 1.807) is 0 Å². The molecule has 0 saturated carbocycles. The molecule has 248 valence electrons. The van der Waals surface area contributed by atoms with Crippen LogP contribution in [0.4, 0.5) is 0 Å². The average molecular weight is 642 g/mol. The van der Waals surface area contributed by atoms with Crippen LogP contribution in [0.15, 0.2) is 103 Å². The minimum absolute atomic E-state index is 0.0985. The van der Waals surface area contributed by atoms with E-state index in [2.05, 4.69) is 119 Å². The van der Waals surface area contributed by atoms with Crippen LogP contribution in [0.1, 0.15) is 59.7 Å². The van der Waals surface area contributed by atoms with Gasteiger partial charge in [0.1, 0.15) is 17.8 Å². The van der Waals surface area contributed by atoms with Gasteiger partial charge in [-0.2, -0.15) is 0 Å². The number of hydrogen-bond donors (Lipinski definition) is 3. The van der Waals surface area contributed by atoms with Gasteiger partial charge in [0.25, 0.3) is 0 Å². The molecule has 4 aromatic carbocycles. The second-order valence-electron chi connectivity index (χ2n) is 13.5. The normalized spacial score (nSPS) is 18.9. The molecule has 2 saturated heterocycles. The molecule has 48 heavy (non-hydrogen) atoms. The van der Waals surface area contributed by atoms with Crippen LogP contribution in [0.3, 0.4) is 0 Å². The highest BCUT2D eigenvalue weighted by Gasteiger charge is 2.28. The quantitative estimate of drug-likeness (QED) is 0.166. The lowest BCUT2D eigenvalue weighted by atomic mass is 10.00. The van der Waals surface area contributed by atoms with Crippen LogP contribution >= 0.6 is 0 Å². The van der Waals surface area contributed by atoms with Gasteiger partial charge in [0.15, 0.2) is 0 Å². The average Bonchev–Trinajstić information content (AvgIpc) is 3.86. The maximum absolute atomic E-state index is 6.45. The van der Waals surface area contributed by atoms with Crippen LogP contribution < -0.4 is 5.32 Å². The summed E-state index contributed by atoms with van der Waals surface area (Å²) in [5.41, 5.74) is 7.85. The van der Waals surface area contributed by atoms with Crippen LogP contribution in [0, 0.1) is 6.92 Å². The van der Waals surface area contributed by atoms with Gasteiger partial charge < -0.3 is 29.8 Å². The van der Waals surface area contributed by atoms with Crippen molar-refractivity contribution in [2.24, 2.45) is 0 Å². The van der Waals surface area contributed by atoms with E-state index in [0.29, 0.717) is 6.04 Å². The number of aromatic nitrogens is 4. The van der Waals surface area contributed by atoms with Crippen LogP contribution in [-0.4, -0.2) is 82.2 Å². The number of rotatable bonds is 8. The third-order valence-electron chi connectivity index (χ3n) is 9.65. The molecule has 0 aliphatic carbocycles. The fraction of sp³-hybridized carbons (Fsp3) is 0.350. The number of imidazole rings is 2. The first-order valence-electron chi connectivity index (χ1n) is 17.3. The van der Waals surface area contributed by atoms with Crippen molar-refractivity contribution < 1.29 is 4.74 Å². The van der Waals surface area contributed by atoms with Gasteiger partial charge in [-0.1, -0.05) is 84.4 Å². The highest BCUT2D eigenvalue weighted by atomic mass is 16.5. The molecule has 4 heterocycles. The molecule has 3 unspecified atom stereocenters. The van der Waals surface area contributed by atoms with Crippen LogP contribution in [0.5, 0.6) is 0 Å². The molecule has 0 amide bonds. The van der Waals surface area contributed by atoms with E-state index in [-0.39, 0.29) is 18.2 Å².